The van der Waals surface area contributed by atoms with Gasteiger partial charge in [-0.05, 0) is 103 Å². The molecule has 1 unspecified atom stereocenters. The molecule has 10 aromatic carbocycles. The molecule has 1 atom stereocenters. The molecule has 11 aromatic rings. The van der Waals surface area contributed by atoms with Crippen molar-refractivity contribution in [1.29, 1.82) is 0 Å². The van der Waals surface area contributed by atoms with Gasteiger partial charge in [-0.25, -0.2) is 0 Å². The smallest absolute Gasteiger partial charge is 0.0755 e. The van der Waals surface area contributed by atoms with Crippen molar-refractivity contribution in [3.8, 4) is 50.2 Å². The third-order valence-corrected chi connectivity index (χ3v) is 15.2. The van der Waals surface area contributed by atoms with E-state index in [1.165, 1.54) is 105 Å². The zero-order valence-electron chi connectivity index (χ0n) is 36.8. The number of fused-ring (bicyclic) bond motifs is 15. The van der Waals surface area contributed by atoms with Gasteiger partial charge in [0.15, 0.2) is 0 Å². The number of hydrogen-bond donors (Lipinski definition) is 0. The molecule has 0 amide bonds. The molecule has 1 spiro atoms. The van der Waals surface area contributed by atoms with Crippen LogP contribution in [0.5, 0.6) is 0 Å². The second-order valence-electron chi connectivity index (χ2n) is 18.7. The second kappa shape index (κ2) is 13.7. The molecule has 0 radical (unpaired) electrons. The summed E-state index contributed by atoms with van der Waals surface area (Å²) in [5.41, 5.74) is 24.3. The summed E-state index contributed by atoms with van der Waals surface area (Å²) in [5, 5.41) is 2.56. The molecule has 1 aliphatic heterocycles. The summed E-state index contributed by atoms with van der Waals surface area (Å²) < 4.78 is 2.53. The van der Waals surface area contributed by atoms with Gasteiger partial charge < -0.3 is 9.47 Å². The molecule has 2 heterocycles. The number of para-hydroxylation sites is 4. The summed E-state index contributed by atoms with van der Waals surface area (Å²) in [6.07, 6.45) is 0. The first-order valence-electron chi connectivity index (χ1n) is 23.2. The molecule has 14 rings (SSSR count). The van der Waals surface area contributed by atoms with E-state index < -0.39 is 5.41 Å². The molecular formula is C64H44N2. The van der Waals surface area contributed by atoms with Gasteiger partial charge in [-0.1, -0.05) is 208 Å². The lowest BCUT2D eigenvalue weighted by Gasteiger charge is -2.39. The van der Waals surface area contributed by atoms with Crippen LogP contribution in [0.15, 0.2) is 231 Å². The quantitative estimate of drug-likeness (QED) is 0.168. The van der Waals surface area contributed by atoms with Crippen LogP contribution in [-0.4, -0.2) is 4.57 Å². The number of nitrogens with zero attached hydrogens (tertiary/aromatic N) is 2. The summed E-state index contributed by atoms with van der Waals surface area (Å²) in [6, 6.07) is 86.4. The van der Waals surface area contributed by atoms with Gasteiger partial charge in [0.2, 0.25) is 0 Å². The largest absolute Gasteiger partial charge is 0.309 e. The Balaban J connectivity index is 1.09. The molecule has 2 nitrogen and oxygen atoms in total. The molecule has 2 heteroatoms. The third kappa shape index (κ3) is 4.80. The fourth-order valence-electron chi connectivity index (χ4n) is 12.5. The van der Waals surface area contributed by atoms with Crippen molar-refractivity contribution in [2.24, 2.45) is 0 Å². The summed E-state index contributed by atoms with van der Waals surface area (Å²) in [7, 11) is 0. The van der Waals surface area contributed by atoms with Gasteiger partial charge >= 0.3 is 0 Å². The summed E-state index contributed by atoms with van der Waals surface area (Å²) in [4.78, 5) is 2.58. The molecule has 0 fully saturated rings. The molecule has 0 saturated carbocycles. The third-order valence-electron chi connectivity index (χ3n) is 15.2. The number of rotatable bonds is 5. The van der Waals surface area contributed by atoms with Crippen LogP contribution >= 0.6 is 0 Å². The molecule has 0 bridgehead atoms. The topological polar surface area (TPSA) is 8.17 Å². The molecule has 3 aliphatic rings. The van der Waals surface area contributed by atoms with Gasteiger partial charge in [-0.3, -0.25) is 0 Å². The van der Waals surface area contributed by atoms with Crippen molar-refractivity contribution in [2.75, 3.05) is 4.90 Å². The Morgan fingerprint density at radius 1 is 0.364 bits per heavy atom. The van der Waals surface area contributed by atoms with Crippen LogP contribution in [-0.2, 0) is 10.8 Å². The van der Waals surface area contributed by atoms with E-state index >= 15 is 0 Å². The number of anilines is 3. The minimum Gasteiger partial charge on any atom is -0.309 e. The Bertz CT molecular complexity index is 3810. The normalized spacial score (nSPS) is 15.6. The van der Waals surface area contributed by atoms with Crippen LogP contribution in [0.4, 0.5) is 17.1 Å². The first kappa shape index (κ1) is 37.2. The van der Waals surface area contributed by atoms with E-state index in [0.717, 1.165) is 17.1 Å². The highest BCUT2D eigenvalue weighted by molar-refractivity contribution is 6.13. The maximum absolute atomic E-state index is 2.58. The molecule has 2 aliphatic carbocycles. The number of hydrogen-bond acceptors (Lipinski definition) is 1. The maximum atomic E-state index is 2.58. The predicted molar refractivity (Wildman–Crippen MR) is 275 cm³/mol. The van der Waals surface area contributed by atoms with Crippen LogP contribution < -0.4 is 4.90 Å². The van der Waals surface area contributed by atoms with E-state index in [9.17, 15) is 0 Å². The maximum Gasteiger partial charge on any atom is 0.0755 e. The van der Waals surface area contributed by atoms with Crippen molar-refractivity contribution >= 4 is 38.9 Å². The number of aromatic nitrogens is 1. The Morgan fingerprint density at radius 2 is 0.939 bits per heavy atom. The van der Waals surface area contributed by atoms with Gasteiger partial charge in [-0.15, -0.1) is 0 Å². The van der Waals surface area contributed by atoms with Crippen LogP contribution in [0, 0.1) is 0 Å². The fourth-order valence-corrected chi connectivity index (χ4v) is 12.5. The molecule has 0 saturated heterocycles. The predicted octanol–water partition coefficient (Wildman–Crippen LogP) is 16.6. The van der Waals surface area contributed by atoms with Crippen molar-refractivity contribution in [2.45, 2.75) is 24.7 Å². The van der Waals surface area contributed by atoms with Crippen LogP contribution in [0.1, 0.15) is 47.2 Å². The average Bonchev–Trinajstić information content (AvgIpc) is 3.96. The van der Waals surface area contributed by atoms with E-state index in [4.69, 9.17) is 0 Å². The minimum atomic E-state index is -0.574. The summed E-state index contributed by atoms with van der Waals surface area (Å²) in [5.74, 6) is 0. The first-order chi connectivity index (χ1) is 32.5. The van der Waals surface area contributed by atoms with E-state index in [0.29, 0.717) is 0 Å². The standard InChI is InChI=1S/C64H44N2/c1-63(2)51-29-12-8-24-45(51)46-39-38-42(40-56(46)63)65(57-34-15-10-25-47(57)44-23-7-6-22-43(44)41-20-4-3-5-21-41)60-37-19-32-54-61(60)50-27-9-13-30-52(50)64(54)53-31-14-17-36-59(53)66-58-35-16-11-26-48(58)49-28-18-33-55(64)62(49)66/h3-40H,1-2H3. The lowest BCUT2D eigenvalue weighted by atomic mass is 9.65. The van der Waals surface area contributed by atoms with Gasteiger partial charge in [0, 0.05) is 33.0 Å². The van der Waals surface area contributed by atoms with Gasteiger partial charge in [-0.2, -0.15) is 0 Å². The molecular weight excluding hydrogens is 797 g/mol. The van der Waals surface area contributed by atoms with E-state index in [-0.39, 0.29) is 5.41 Å². The summed E-state index contributed by atoms with van der Waals surface area (Å²) in [6.45, 7) is 4.77. The molecule has 310 valence electrons. The van der Waals surface area contributed by atoms with Gasteiger partial charge in [0.1, 0.15) is 0 Å². The number of benzene rings is 10. The Kier molecular flexibility index (Phi) is 7.70. The Labute approximate surface area is 385 Å². The van der Waals surface area contributed by atoms with Gasteiger partial charge in [0.05, 0.1) is 33.5 Å². The first-order valence-corrected chi connectivity index (χ1v) is 23.2. The highest BCUT2D eigenvalue weighted by Crippen LogP contribution is 2.64. The van der Waals surface area contributed by atoms with Gasteiger partial charge in [0.25, 0.3) is 0 Å². The van der Waals surface area contributed by atoms with Crippen molar-refractivity contribution in [3.63, 3.8) is 0 Å². The van der Waals surface area contributed by atoms with Crippen molar-refractivity contribution in [3.05, 3.63) is 264 Å². The highest BCUT2D eigenvalue weighted by Gasteiger charge is 2.52. The average molecular weight is 841 g/mol. The molecule has 1 aromatic heterocycles. The van der Waals surface area contributed by atoms with Crippen molar-refractivity contribution < 1.29 is 0 Å². The van der Waals surface area contributed by atoms with Crippen LogP contribution in [0.3, 0.4) is 0 Å². The summed E-state index contributed by atoms with van der Waals surface area (Å²) >= 11 is 0. The molecule has 66 heavy (non-hydrogen) atoms. The highest BCUT2D eigenvalue weighted by atomic mass is 15.1. The van der Waals surface area contributed by atoms with Crippen LogP contribution in [0.25, 0.3) is 72.0 Å². The van der Waals surface area contributed by atoms with Crippen LogP contribution in [0.2, 0.25) is 0 Å². The minimum absolute atomic E-state index is 0.175. The Hall–Kier alpha value is -8.20. The fraction of sp³-hybridized carbons (Fsp3) is 0.0625. The van der Waals surface area contributed by atoms with E-state index in [2.05, 4.69) is 254 Å². The zero-order valence-corrected chi connectivity index (χ0v) is 36.8. The monoisotopic (exact) mass is 840 g/mol. The zero-order chi connectivity index (χ0) is 43.7. The van der Waals surface area contributed by atoms with E-state index in [1.54, 1.807) is 0 Å². The second-order valence-corrected chi connectivity index (χ2v) is 18.7. The SMILES string of the molecule is CC1(C)c2ccccc2-c2ccc(N(c3ccccc3-c3ccccc3-c3ccccc3)c3cccc4c3-c3ccccc3C43c4ccccc4-n4c5ccccc5c5cccc3c54)cc21. The lowest BCUT2D eigenvalue weighted by Crippen LogP contribution is -2.33. The van der Waals surface area contributed by atoms with Crippen molar-refractivity contribution in [1.82, 2.24) is 4.57 Å². The van der Waals surface area contributed by atoms with E-state index in [1.807, 2.05) is 0 Å². The lowest BCUT2D eigenvalue weighted by molar-refractivity contribution is 0.660. The Morgan fingerprint density at radius 3 is 1.79 bits per heavy atom. The molecule has 0 N–H and O–H groups in total.